The van der Waals surface area contributed by atoms with Gasteiger partial charge in [0.15, 0.2) is 0 Å². The van der Waals surface area contributed by atoms with E-state index in [2.05, 4.69) is 15.9 Å². The lowest BCUT2D eigenvalue weighted by atomic mass is 9.97. The Kier molecular flexibility index (Phi) is 9.72. The Morgan fingerprint density at radius 3 is 2.37 bits per heavy atom. The first-order valence-electron chi connectivity index (χ1n) is 11.7. The van der Waals surface area contributed by atoms with E-state index in [1.54, 1.807) is 7.11 Å². The number of rotatable bonds is 9. The number of nitrogens with zero attached hydrogens (tertiary/aromatic N) is 2. The lowest BCUT2D eigenvalue weighted by molar-refractivity contribution is 0.0644. The van der Waals surface area contributed by atoms with Gasteiger partial charge in [0.1, 0.15) is 24.2 Å². The van der Waals surface area contributed by atoms with Gasteiger partial charge in [0.25, 0.3) is 0 Å². The van der Waals surface area contributed by atoms with Gasteiger partial charge in [0, 0.05) is 31.3 Å². The summed E-state index contributed by atoms with van der Waals surface area (Å²) in [6, 6.07) is 5.97. The van der Waals surface area contributed by atoms with Crippen molar-refractivity contribution in [3.8, 4) is 11.5 Å². The Bertz CT molecular complexity index is 611. The molecule has 3 rings (SSSR count). The topological polar surface area (TPSA) is 65.4 Å². The van der Waals surface area contributed by atoms with E-state index in [9.17, 15) is 10.2 Å². The molecule has 2 fully saturated rings. The van der Waals surface area contributed by atoms with Gasteiger partial charge in [-0.1, -0.05) is 25.3 Å². The molecule has 2 saturated heterocycles. The smallest absolute Gasteiger partial charge is 0.127 e. The molecule has 0 amide bonds. The second-order valence-electron chi connectivity index (χ2n) is 8.91. The van der Waals surface area contributed by atoms with Crippen molar-refractivity contribution in [3.05, 3.63) is 23.8 Å². The molecule has 2 N–H and O–H groups in total. The number of piperidine rings is 1. The number of methoxy groups -OCH3 is 1. The van der Waals surface area contributed by atoms with Gasteiger partial charge in [-0.25, -0.2) is 0 Å². The van der Waals surface area contributed by atoms with Crippen LogP contribution in [-0.4, -0.2) is 79.2 Å². The third-order valence-electron chi connectivity index (χ3n) is 6.48. The number of hydrogen-bond donors (Lipinski definition) is 2. The molecule has 0 spiro atoms. The summed E-state index contributed by atoms with van der Waals surface area (Å²) in [5.74, 6) is 2.00. The number of ether oxygens (including phenoxy) is 2. The highest BCUT2D eigenvalue weighted by atomic mass is 16.5. The maximum Gasteiger partial charge on any atom is 0.127 e. The van der Waals surface area contributed by atoms with Gasteiger partial charge < -0.3 is 24.6 Å². The van der Waals surface area contributed by atoms with Gasteiger partial charge in [-0.2, -0.15) is 0 Å². The zero-order valence-corrected chi connectivity index (χ0v) is 18.6. The second kappa shape index (κ2) is 12.5. The molecule has 0 aliphatic carbocycles. The summed E-state index contributed by atoms with van der Waals surface area (Å²) >= 11 is 0. The Balaban J connectivity index is 1.54. The van der Waals surface area contributed by atoms with E-state index >= 15 is 0 Å². The fourth-order valence-corrected chi connectivity index (χ4v) is 4.53. The molecule has 2 aliphatic heterocycles. The van der Waals surface area contributed by atoms with Crippen LogP contribution in [0.3, 0.4) is 0 Å². The molecular weight excluding hydrogens is 380 g/mol. The van der Waals surface area contributed by atoms with Crippen molar-refractivity contribution in [3.63, 3.8) is 0 Å². The van der Waals surface area contributed by atoms with Crippen molar-refractivity contribution in [2.24, 2.45) is 5.92 Å². The highest BCUT2D eigenvalue weighted by molar-refractivity contribution is 5.40. The van der Waals surface area contributed by atoms with Gasteiger partial charge in [0.2, 0.25) is 0 Å². The summed E-state index contributed by atoms with van der Waals surface area (Å²) in [4.78, 5) is 4.79. The molecular formula is C24H40N2O4. The van der Waals surface area contributed by atoms with Gasteiger partial charge in [0.05, 0.1) is 7.11 Å². The van der Waals surface area contributed by atoms with E-state index in [4.69, 9.17) is 9.47 Å². The first-order valence-corrected chi connectivity index (χ1v) is 11.7. The van der Waals surface area contributed by atoms with Crippen LogP contribution in [0.1, 0.15) is 50.5 Å². The summed E-state index contributed by atoms with van der Waals surface area (Å²) < 4.78 is 11.5. The minimum absolute atomic E-state index is 0.291. The van der Waals surface area contributed by atoms with Crippen LogP contribution < -0.4 is 9.47 Å². The van der Waals surface area contributed by atoms with Crippen LogP contribution >= 0.6 is 0 Å². The van der Waals surface area contributed by atoms with E-state index in [1.165, 1.54) is 32.1 Å². The summed E-state index contributed by atoms with van der Waals surface area (Å²) in [7, 11) is 1.66. The molecule has 2 heterocycles. The summed E-state index contributed by atoms with van der Waals surface area (Å²) in [5, 5.41) is 19.9. The minimum Gasteiger partial charge on any atom is -0.497 e. The zero-order valence-electron chi connectivity index (χ0n) is 18.6. The lowest BCUT2D eigenvalue weighted by Gasteiger charge is -2.31. The normalized spacial score (nSPS) is 21.0. The lowest BCUT2D eigenvalue weighted by Crippen LogP contribution is -2.37. The Labute approximate surface area is 181 Å². The third-order valence-corrected chi connectivity index (χ3v) is 6.48. The van der Waals surface area contributed by atoms with Crippen molar-refractivity contribution in [2.75, 3.05) is 53.0 Å². The molecule has 2 aliphatic rings. The Morgan fingerprint density at radius 1 is 1.00 bits per heavy atom. The van der Waals surface area contributed by atoms with Gasteiger partial charge in [-0.15, -0.1) is 0 Å². The van der Waals surface area contributed by atoms with Crippen molar-refractivity contribution in [1.29, 1.82) is 0 Å². The number of benzene rings is 1. The third kappa shape index (κ3) is 7.41. The fraction of sp³-hybridized carbons (Fsp3) is 0.750. The molecule has 6 heteroatoms. The molecule has 1 aromatic carbocycles. The molecule has 1 aromatic rings. The molecule has 30 heavy (non-hydrogen) atoms. The number of aliphatic hydroxyl groups excluding tert-OH is 2. The molecule has 0 radical (unpaired) electrons. The Hall–Kier alpha value is -1.34. The van der Waals surface area contributed by atoms with E-state index in [1.807, 2.05) is 12.1 Å². The maximum atomic E-state index is 10.6. The average molecular weight is 421 g/mol. The molecule has 0 bridgehead atoms. The number of likely N-dealkylation sites (tertiary alicyclic amines) is 2. The SMILES string of the molecule is COc1ccc(CN2CCC(CO)CC2)c(OCC(O)CN2CCCCCCC2)c1. The maximum absolute atomic E-state index is 10.6. The van der Waals surface area contributed by atoms with E-state index in [0.717, 1.165) is 62.6 Å². The number of aliphatic hydroxyl groups is 2. The van der Waals surface area contributed by atoms with Gasteiger partial charge >= 0.3 is 0 Å². The number of hydrogen-bond acceptors (Lipinski definition) is 6. The van der Waals surface area contributed by atoms with E-state index < -0.39 is 6.10 Å². The molecule has 1 atom stereocenters. The quantitative estimate of drug-likeness (QED) is 0.640. The predicted octanol–water partition coefficient (Wildman–Crippen LogP) is 2.91. The summed E-state index contributed by atoms with van der Waals surface area (Å²) in [6.07, 6.45) is 7.97. The standard InChI is InChI=1S/C24H40N2O4/c1-29-23-8-7-21(16-26-13-9-20(18-27)10-14-26)24(15-23)30-19-22(28)17-25-11-5-3-2-4-6-12-25/h7-8,15,20,22,27-28H,2-6,9-14,16-19H2,1H3. The van der Waals surface area contributed by atoms with Crippen molar-refractivity contribution >= 4 is 0 Å². The van der Waals surface area contributed by atoms with Crippen molar-refractivity contribution in [2.45, 2.75) is 57.6 Å². The zero-order chi connectivity index (χ0) is 21.2. The monoisotopic (exact) mass is 420 g/mol. The molecule has 0 saturated carbocycles. The highest BCUT2D eigenvalue weighted by Gasteiger charge is 2.20. The number of β-amino-alcohol motifs (C(OH)–C–C–N with tert-alkyl or cyclic N) is 1. The van der Waals surface area contributed by atoms with Crippen LogP contribution in [0.4, 0.5) is 0 Å². The average Bonchev–Trinajstić information content (AvgIpc) is 2.75. The summed E-state index contributed by atoms with van der Waals surface area (Å²) in [6.45, 7) is 6.22. The van der Waals surface area contributed by atoms with Crippen LogP contribution in [0.15, 0.2) is 18.2 Å². The second-order valence-corrected chi connectivity index (χ2v) is 8.91. The van der Waals surface area contributed by atoms with Gasteiger partial charge in [-0.3, -0.25) is 4.90 Å². The van der Waals surface area contributed by atoms with Crippen LogP contribution in [0.5, 0.6) is 11.5 Å². The molecule has 1 unspecified atom stereocenters. The summed E-state index contributed by atoms with van der Waals surface area (Å²) in [5.41, 5.74) is 1.12. The predicted molar refractivity (Wildman–Crippen MR) is 119 cm³/mol. The fourth-order valence-electron chi connectivity index (χ4n) is 4.53. The van der Waals surface area contributed by atoms with E-state index in [-0.39, 0.29) is 0 Å². The largest absolute Gasteiger partial charge is 0.497 e. The van der Waals surface area contributed by atoms with Crippen LogP contribution in [-0.2, 0) is 6.54 Å². The first-order chi connectivity index (χ1) is 14.7. The van der Waals surface area contributed by atoms with E-state index in [0.29, 0.717) is 25.7 Å². The van der Waals surface area contributed by atoms with Crippen LogP contribution in [0, 0.1) is 5.92 Å². The Morgan fingerprint density at radius 2 is 1.70 bits per heavy atom. The van der Waals surface area contributed by atoms with Crippen LogP contribution in [0.2, 0.25) is 0 Å². The minimum atomic E-state index is -0.497. The molecule has 170 valence electrons. The first kappa shape index (κ1) is 23.3. The van der Waals surface area contributed by atoms with Crippen molar-refractivity contribution in [1.82, 2.24) is 9.80 Å². The van der Waals surface area contributed by atoms with Gasteiger partial charge in [-0.05, 0) is 63.8 Å². The van der Waals surface area contributed by atoms with Crippen LogP contribution in [0.25, 0.3) is 0 Å². The van der Waals surface area contributed by atoms with Crippen molar-refractivity contribution < 1.29 is 19.7 Å². The molecule has 0 aromatic heterocycles. The molecule has 6 nitrogen and oxygen atoms in total. The highest BCUT2D eigenvalue weighted by Crippen LogP contribution is 2.28.